The summed E-state index contributed by atoms with van der Waals surface area (Å²) >= 11 is 0. The number of hydrogen-bond acceptors (Lipinski definition) is 1. The van der Waals surface area contributed by atoms with Gasteiger partial charge in [-0.05, 0) is 24.0 Å². The molecular weight excluding hydrogens is 172 g/mol. The monoisotopic (exact) mass is 194 g/mol. The van der Waals surface area contributed by atoms with Crippen LogP contribution in [0.3, 0.4) is 0 Å². The lowest BCUT2D eigenvalue weighted by Gasteiger charge is -2.21. The van der Waals surface area contributed by atoms with Crippen molar-refractivity contribution in [3.63, 3.8) is 0 Å². The molecule has 0 spiro atoms. The van der Waals surface area contributed by atoms with E-state index in [9.17, 15) is 0 Å². The Labute approximate surface area is 87.5 Å². The van der Waals surface area contributed by atoms with Crippen LogP contribution in [0.1, 0.15) is 44.4 Å². The Morgan fingerprint density at radius 3 is 2.43 bits per heavy atom. The van der Waals surface area contributed by atoms with Gasteiger partial charge in [0.15, 0.2) is 0 Å². The Hall–Kier alpha value is -0.920. The third-order valence-corrected chi connectivity index (χ3v) is 2.49. The fraction of sp³-hybridized carbons (Fsp3) is 0.667. The Morgan fingerprint density at radius 2 is 2.00 bits per heavy atom. The number of nitrogens with zero attached hydrogens (tertiary/aromatic N) is 2. The van der Waals surface area contributed by atoms with Crippen molar-refractivity contribution in [2.75, 3.05) is 19.1 Å². The van der Waals surface area contributed by atoms with Gasteiger partial charge >= 0.3 is 0 Å². The van der Waals surface area contributed by atoms with Gasteiger partial charge < -0.3 is 5.01 Å². The molecule has 0 unspecified atom stereocenters. The first-order chi connectivity index (χ1) is 6.57. The molecule has 0 aromatic carbocycles. The van der Waals surface area contributed by atoms with Crippen LogP contribution in [-0.2, 0) is 6.42 Å². The smallest absolute Gasteiger partial charge is 0.0453 e. The summed E-state index contributed by atoms with van der Waals surface area (Å²) in [7, 11) is 4.17. The highest BCUT2D eigenvalue weighted by Crippen LogP contribution is 2.21. The quantitative estimate of drug-likeness (QED) is 0.715. The molecular formula is C12H22N2. The Morgan fingerprint density at radius 1 is 1.36 bits per heavy atom. The highest BCUT2D eigenvalue weighted by molar-refractivity contribution is 5.26. The van der Waals surface area contributed by atoms with Gasteiger partial charge in [0.1, 0.15) is 0 Å². The topological polar surface area (TPSA) is 8.17 Å². The van der Waals surface area contributed by atoms with Gasteiger partial charge in [0.05, 0.1) is 0 Å². The van der Waals surface area contributed by atoms with Crippen molar-refractivity contribution in [2.24, 2.45) is 0 Å². The molecule has 0 radical (unpaired) electrons. The molecule has 0 aliphatic rings. The average molecular weight is 194 g/mol. The summed E-state index contributed by atoms with van der Waals surface area (Å²) in [6.07, 6.45) is 4.58. The minimum atomic E-state index is 0.592. The van der Waals surface area contributed by atoms with Crippen molar-refractivity contribution in [1.82, 2.24) is 4.68 Å². The lowest BCUT2D eigenvalue weighted by Crippen LogP contribution is -2.26. The van der Waals surface area contributed by atoms with Crippen LogP contribution in [0.25, 0.3) is 0 Å². The van der Waals surface area contributed by atoms with Gasteiger partial charge in [-0.3, -0.25) is 4.68 Å². The molecule has 1 heterocycles. The standard InChI is InChI=1S/C12H22N2/c1-6-7-11-8-9-14(13(4)5)12(11)10(2)3/h8-10H,6-7H2,1-5H3. The largest absolute Gasteiger partial charge is 0.319 e. The molecule has 2 heteroatoms. The minimum absolute atomic E-state index is 0.592. The van der Waals surface area contributed by atoms with Gasteiger partial charge in [-0.25, -0.2) is 0 Å². The molecule has 0 saturated carbocycles. The van der Waals surface area contributed by atoms with E-state index in [1.54, 1.807) is 0 Å². The van der Waals surface area contributed by atoms with Crippen LogP contribution < -0.4 is 5.01 Å². The van der Waals surface area contributed by atoms with E-state index in [-0.39, 0.29) is 0 Å². The van der Waals surface area contributed by atoms with Crippen LogP contribution in [0.4, 0.5) is 0 Å². The predicted octanol–water partition coefficient (Wildman–Crippen LogP) is 2.76. The van der Waals surface area contributed by atoms with Gasteiger partial charge in [-0.15, -0.1) is 0 Å². The number of aryl methyl sites for hydroxylation is 1. The van der Waals surface area contributed by atoms with E-state index in [0.717, 1.165) is 0 Å². The number of aromatic nitrogens is 1. The summed E-state index contributed by atoms with van der Waals surface area (Å²) < 4.78 is 2.25. The number of rotatable bonds is 4. The summed E-state index contributed by atoms with van der Waals surface area (Å²) in [5.74, 6) is 0.592. The maximum Gasteiger partial charge on any atom is 0.0453 e. The van der Waals surface area contributed by atoms with Crippen molar-refractivity contribution in [2.45, 2.75) is 39.5 Å². The molecule has 1 rings (SSSR count). The normalized spacial score (nSPS) is 11.0. The molecule has 0 aliphatic heterocycles. The molecule has 14 heavy (non-hydrogen) atoms. The first-order valence-electron chi connectivity index (χ1n) is 5.45. The van der Waals surface area contributed by atoms with Crippen molar-refractivity contribution in [3.05, 3.63) is 23.5 Å². The Bertz CT molecular complexity index is 285. The van der Waals surface area contributed by atoms with E-state index < -0.39 is 0 Å². The SMILES string of the molecule is CCCc1ccn(N(C)C)c1C(C)C. The lowest BCUT2D eigenvalue weighted by molar-refractivity contribution is 0.647. The van der Waals surface area contributed by atoms with E-state index in [4.69, 9.17) is 0 Å². The first kappa shape index (κ1) is 11.2. The summed E-state index contributed by atoms with van der Waals surface area (Å²) in [5.41, 5.74) is 2.95. The Balaban J connectivity index is 3.07. The number of hydrogen-bond donors (Lipinski definition) is 0. The third-order valence-electron chi connectivity index (χ3n) is 2.49. The molecule has 0 N–H and O–H groups in total. The molecule has 0 bridgehead atoms. The van der Waals surface area contributed by atoms with Crippen molar-refractivity contribution >= 4 is 0 Å². The van der Waals surface area contributed by atoms with Gasteiger partial charge in [0, 0.05) is 26.0 Å². The van der Waals surface area contributed by atoms with Crippen LogP contribution in [0.5, 0.6) is 0 Å². The second-order valence-corrected chi connectivity index (χ2v) is 4.32. The highest BCUT2D eigenvalue weighted by Gasteiger charge is 2.12. The third kappa shape index (κ3) is 2.11. The van der Waals surface area contributed by atoms with Crippen LogP contribution in [0, 0.1) is 0 Å². The maximum absolute atomic E-state index is 2.26. The van der Waals surface area contributed by atoms with Gasteiger partial charge in [-0.2, -0.15) is 0 Å². The first-order valence-corrected chi connectivity index (χ1v) is 5.45. The van der Waals surface area contributed by atoms with Crippen molar-refractivity contribution < 1.29 is 0 Å². The van der Waals surface area contributed by atoms with Crippen molar-refractivity contribution in [1.29, 1.82) is 0 Å². The fourth-order valence-corrected chi connectivity index (χ4v) is 1.94. The minimum Gasteiger partial charge on any atom is -0.319 e. The van der Waals surface area contributed by atoms with Gasteiger partial charge in [0.2, 0.25) is 0 Å². The Kier molecular flexibility index (Phi) is 3.62. The van der Waals surface area contributed by atoms with E-state index in [0.29, 0.717) is 5.92 Å². The summed E-state index contributed by atoms with van der Waals surface area (Å²) in [5, 5.41) is 2.13. The average Bonchev–Trinajstić information content (AvgIpc) is 2.48. The highest BCUT2D eigenvalue weighted by atomic mass is 15.5. The van der Waals surface area contributed by atoms with Crippen LogP contribution >= 0.6 is 0 Å². The summed E-state index contributed by atoms with van der Waals surface area (Å²) in [6.45, 7) is 6.75. The van der Waals surface area contributed by atoms with E-state index >= 15 is 0 Å². The predicted molar refractivity (Wildman–Crippen MR) is 62.6 cm³/mol. The summed E-state index contributed by atoms with van der Waals surface area (Å²) in [6, 6.07) is 2.25. The zero-order valence-electron chi connectivity index (χ0n) is 10.0. The molecule has 0 fully saturated rings. The molecule has 80 valence electrons. The van der Waals surface area contributed by atoms with Gasteiger partial charge in [0.25, 0.3) is 0 Å². The van der Waals surface area contributed by atoms with Crippen LogP contribution in [-0.4, -0.2) is 18.8 Å². The lowest BCUT2D eigenvalue weighted by atomic mass is 10.0. The van der Waals surface area contributed by atoms with E-state index in [2.05, 4.69) is 56.8 Å². The molecule has 0 aliphatic carbocycles. The molecule has 0 amide bonds. The fourth-order valence-electron chi connectivity index (χ4n) is 1.94. The molecule has 2 nitrogen and oxygen atoms in total. The molecule has 1 aromatic rings. The van der Waals surface area contributed by atoms with Crippen molar-refractivity contribution in [3.8, 4) is 0 Å². The second-order valence-electron chi connectivity index (χ2n) is 4.32. The van der Waals surface area contributed by atoms with Crippen LogP contribution in [0.15, 0.2) is 12.3 Å². The van der Waals surface area contributed by atoms with Crippen LogP contribution in [0.2, 0.25) is 0 Å². The second kappa shape index (κ2) is 4.54. The molecule has 0 atom stereocenters. The van der Waals surface area contributed by atoms with Gasteiger partial charge in [-0.1, -0.05) is 27.2 Å². The zero-order valence-corrected chi connectivity index (χ0v) is 10.0. The zero-order chi connectivity index (χ0) is 10.7. The van der Waals surface area contributed by atoms with E-state index in [1.807, 2.05) is 0 Å². The van der Waals surface area contributed by atoms with E-state index in [1.165, 1.54) is 24.1 Å². The molecule has 1 aromatic heterocycles. The summed E-state index contributed by atoms with van der Waals surface area (Å²) in [4.78, 5) is 0. The maximum atomic E-state index is 2.26. The molecule has 0 saturated heterocycles.